The molecule has 0 atom stereocenters. The number of nitrogens with zero attached hydrogens (tertiary/aromatic N) is 5. The summed E-state index contributed by atoms with van der Waals surface area (Å²) in [6.45, 7) is 3.99. The van der Waals surface area contributed by atoms with Crippen molar-refractivity contribution in [1.82, 2.24) is 29.6 Å². The van der Waals surface area contributed by atoms with Crippen molar-refractivity contribution in [3.05, 3.63) is 69.8 Å². The first-order chi connectivity index (χ1) is 15.2. The van der Waals surface area contributed by atoms with Gasteiger partial charge in [-0.15, -0.1) is 0 Å². The Kier molecular flexibility index (Phi) is 4.97. The van der Waals surface area contributed by atoms with Crippen LogP contribution in [-0.4, -0.2) is 36.0 Å². The Morgan fingerprint density at radius 2 is 2.10 bits per heavy atom. The Labute approximate surface area is 178 Å². The van der Waals surface area contributed by atoms with Crippen LogP contribution < -0.4 is 16.2 Å². The van der Waals surface area contributed by atoms with E-state index in [0.717, 1.165) is 25.2 Å². The molecular formula is C22H23N7O2. The van der Waals surface area contributed by atoms with Crippen molar-refractivity contribution < 1.29 is 5.11 Å². The fourth-order valence-electron chi connectivity index (χ4n) is 3.97. The molecule has 9 heteroatoms. The third kappa shape index (κ3) is 3.47. The highest BCUT2D eigenvalue weighted by atomic mass is 16.3. The van der Waals surface area contributed by atoms with E-state index in [-0.39, 0.29) is 12.2 Å². The predicted octanol–water partition coefficient (Wildman–Crippen LogP) is 1.88. The van der Waals surface area contributed by atoms with Crippen molar-refractivity contribution in [3.63, 3.8) is 0 Å². The minimum atomic E-state index is -0.182. The van der Waals surface area contributed by atoms with Crippen LogP contribution in [0.2, 0.25) is 0 Å². The molecule has 9 nitrogen and oxygen atoms in total. The quantitative estimate of drug-likeness (QED) is 0.455. The number of benzene rings is 1. The van der Waals surface area contributed by atoms with E-state index in [9.17, 15) is 9.90 Å². The van der Waals surface area contributed by atoms with Crippen LogP contribution in [0.25, 0.3) is 16.9 Å². The molecule has 1 aliphatic heterocycles. The van der Waals surface area contributed by atoms with E-state index in [1.54, 1.807) is 33.8 Å². The number of rotatable bonds is 5. The fraction of sp³-hybridized carbons (Fsp3) is 0.273. The summed E-state index contributed by atoms with van der Waals surface area (Å²) in [5, 5.41) is 16.5. The topological polar surface area (TPSA) is 110 Å². The van der Waals surface area contributed by atoms with Crippen LogP contribution >= 0.6 is 0 Å². The van der Waals surface area contributed by atoms with Crippen LogP contribution in [0.1, 0.15) is 23.7 Å². The van der Waals surface area contributed by atoms with Crippen LogP contribution in [0, 0.1) is 0 Å². The molecule has 3 N–H and O–H groups in total. The lowest BCUT2D eigenvalue weighted by atomic mass is 10.0. The van der Waals surface area contributed by atoms with Gasteiger partial charge in [-0.3, -0.25) is 4.79 Å². The first kappa shape index (κ1) is 19.4. The monoisotopic (exact) mass is 417 g/mol. The standard InChI is InChI=1S/C22H23N7O2/c1-2-28-21(31)18-12-24-22(26-16-7-6-14-8-9-23-11-15(14)10-16)27-20(18)29(28)19-5-3-4-17(13-30)25-19/h3-7,10,12,23,30H,2,8-9,11,13H2,1H3,(H,24,26,27). The molecule has 1 aromatic carbocycles. The van der Waals surface area contributed by atoms with Crippen molar-refractivity contribution >= 4 is 22.7 Å². The van der Waals surface area contributed by atoms with E-state index in [2.05, 4.69) is 37.7 Å². The Bertz CT molecular complexity index is 1330. The van der Waals surface area contributed by atoms with E-state index in [4.69, 9.17) is 0 Å². The highest BCUT2D eigenvalue weighted by Crippen LogP contribution is 2.22. The minimum absolute atomic E-state index is 0.180. The van der Waals surface area contributed by atoms with Crippen LogP contribution in [0.3, 0.4) is 0 Å². The molecule has 0 amide bonds. The number of nitrogens with one attached hydrogen (secondary N) is 2. The normalized spacial score (nSPS) is 13.4. The second-order valence-corrected chi connectivity index (χ2v) is 7.44. The summed E-state index contributed by atoms with van der Waals surface area (Å²) >= 11 is 0. The lowest BCUT2D eigenvalue weighted by Gasteiger charge is -2.18. The second-order valence-electron chi connectivity index (χ2n) is 7.44. The molecule has 0 fully saturated rings. The van der Waals surface area contributed by atoms with Crippen LogP contribution in [0.15, 0.2) is 47.4 Å². The third-order valence-corrected chi connectivity index (χ3v) is 5.50. The van der Waals surface area contributed by atoms with E-state index in [1.807, 2.05) is 13.0 Å². The molecule has 0 aliphatic carbocycles. The summed E-state index contributed by atoms with van der Waals surface area (Å²) in [4.78, 5) is 26.4. The van der Waals surface area contributed by atoms with Gasteiger partial charge in [0.15, 0.2) is 11.5 Å². The highest BCUT2D eigenvalue weighted by molar-refractivity contribution is 5.77. The lowest BCUT2D eigenvalue weighted by Crippen LogP contribution is -2.23. The number of hydrogen-bond acceptors (Lipinski definition) is 7. The Morgan fingerprint density at radius 1 is 1.19 bits per heavy atom. The Morgan fingerprint density at radius 3 is 2.94 bits per heavy atom. The molecule has 4 aromatic rings. The third-order valence-electron chi connectivity index (χ3n) is 5.50. The molecule has 5 rings (SSSR count). The number of aromatic nitrogens is 5. The average molecular weight is 417 g/mol. The van der Waals surface area contributed by atoms with Gasteiger partial charge in [0.25, 0.3) is 5.56 Å². The first-order valence-corrected chi connectivity index (χ1v) is 10.3. The molecule has 4 heterocycles. The number of hydrogen-bond donors (Lipinski definition) is 3. The van der Waals surface area contributed by atoms with Gasteiger partial charge in [-0.05, 0) is 55.3 Å². The summed E-state index contributed by atoms with van der Waals surface area (Å²) in [6.07, 6.45) is 2.57. The van der Waals surface area contributed by atoms with Crippen molar-refractivity contribution in [2.45, 2.75) is 33.0 Å². The second kappa shape index (κ2) is 7.93. The number of fused-ring (bicyclic) bond motifs is 2. The molecule has 0 bridgehead atoms. The number of aliphatic hydroxyl groups excluding tert-OH is 1. The Hall–Kier alpha value is -3.56. The number of pyridine rings is 1. The van der Waals surface area contributed by atoms with E-state index < -0.39 is 0 Å². The van der Waals surface area contributed by atoms with Crippen molar-refractivity contribution in [3.8, 4) is 5.82 Å². The minimum Gasteiger partial charge on any atom is -0.390 e. The molecule has 0 saturated carbocycles. The van der Waals surface area contributed by atoms with Crippen LogP contribution in [0.4, 0.5) is 11.6 Å². The molecule has 0 unspecified atom stereocenters. The molecule has 1 aliphatic rings. The van der Waals surface area contributed by atoms with E-state index in [0.29, 0.717) is 35.0 Å². The highest BCUT2D eigenvalue weighted by Gasteiger charge is 2.18. The van der Waals surface area contributed by atoms with Gasteiger partial charge in [-0.1, -0.05) is 12.1 Å². The fourth-order valence-corrected chi connectivity index (χ4v) is 3.97. The van der Waals surface area contributed by atoms with E-state index >= 15 is 0 Å². The summed E-state index contributed by atoms with van der Waals surface area (Å²) < 4.78 is 3.25. The molecule has 3 aromatic heterocycles. The van der Waals surface area contributed by atoms with E-state index in [1.165, 1.54) is 11.1 Å². The van der Waals surface area contributed by atoms with Crippen LogP contribution in [0.5, 0.6) is 0 Å². The van der Waals surface area contributed by atoms with Gasteiger partial charge in [0.05, 0.1) is 12.3 Å². The van der Waals surface area contributed by atoms with Gasteiger partial charge in [0.2, 0.25) is 5.95 Å². The van der Waals surface area contributed by atoms with Gasteiger partial charge in [0.1, 0.15) is 5.39 Å². The zero-order chi connectivity index (χ0) is 21.4. The Balaban J connectivity index is 1.59. The number of anilines is 2. The van der Waals surface area contributed by atoms with Gasteiger partial charge in [0, 0.05) is 25.0 Å². The average Bonchev–Trinajstić information content (AvgIpc) is 3.10. The molecule has 0 spiro atoms. The van der Waals surface area contributed by atoms with Crippen molar-refractivity contribution in [1.29, 1.82) is 0 Å². The SMILES string of the molecule is CCn1c(=O)c2cnc(Nc3ccc4c(c3)CNCC4)nc2n1-c1cccc(CO)n1. The van der Waals surface area contributed by atoms with Gasteiger partial charge in [-0.2, -0.15) is 4.98 Å². The van der Waals surface area contributed by atoms with Gasteiger partial charge in [-0.25, -0.2) is 19.3 Å². The first-order valence-electron chi connectivity index (χ1n) is 10.3. The molecule has 158 valence electrons. The predicted molar refractivity (Wildman–Crippen MR) is 118 cm³/mol. The zero-order valence-electron chi connectivity index (χ0n) is 17.2. The van der Waals surface area contributed by atoms with Gasteiger partial charge < -0.3 is 15.7 Å². The number of aliphatic hydroxyl groups is 1. The largest absolute Gasteiger partial charge is 0.390 e. The maximum atomic E-state index is 12.9. The molecular weight excluding hydrogens is 394 g/mol. The molecule has 0 saturated heterocycles. The van der Waals surface area contributed by atoms with Crippen molar-refractivity contribution in [2.24, 2.45) is 0 Å². The smallest absolute Gasteiger partial charge is 0.278 e. The summed E-state index contributed by atoms with van der Waals surface area (Å²) in [5.74, 6) is 0.918. The summed E-state index contributed by atoms with van der Waals surface area (Å²) in [6, 6.07) is 11.6. The lowest BCUT2D eigenvalue weighted by molar-refractivity contribution is 0.276. The molecule has 0 radical (unpaired) electrons. The van der Waals surface area contributed by atoms with Gasteiger partial charge >= 0.3 is 0 Å². The maximum Gasteiger partial charge on any atom is 0.278 e. The summed E-state index contributed by atoms with van der Waals surface area (Å²) in [5.41, 5.74) is 4.31. The molecule has 31 heavy (non-hydrogen) atoms. The zero-order valence-corrected chi connectivity index (χ0v) is 17.2. The van der Waals surface area contributed by atoms with Crippen LogP contribution in [-0.2, 0) is 26.1 Å². The maximum absolute atomic E-state index is 12.9. The summed E-state index contributed by atoms with van der Waals surface area (Å²) in [7, 11) is 0. The van der Waals surface area contributed by atoms with Crippen molar-refractivity contribution in [2.75, 3.05) is 11.9 Å².